The molecule has 0 aromatic heterocycles. The van der Waals surface area contributed by atoms with Crippen molar-refractivity contribution in [2.75, 3.05) is 47.9 Å². The van der Waals surface area contributed by atoms with E-state index in [9.17, 15) is 4.39 Å². The minimum Gasteiger partial charge on any atom is -0.493 e. The Balaban J connectivity index is 2.01. The Bertz CT molecular complexity index is 827. The second-order valence-electron chi connectivity index (χ2n) is 7.12. The van der Waals surface area contributed by atoms with Gasteiger partial charge in [0.25, 0.3) is 0 Å². The maximum absolute atomic E-state index is 13.6. The van der Waals surface area contributed by atoms with Gasteiger partial charge in [-0.3, -0.25) is 4.99 Å². The zero-order valence-corrected chi connectivity index (χ0v) is 18.5. The minimum atomic E-state index is -0.233. The summed E-state index contributed by atoms with van der Waals surface area (Å²) in [6.07, 6.45) is 0.811. The van der Waals surface area contributed by atoms with Crippen molar-refractivity contribution in [3.63, 3.8) is 0 Å². The highest BCUT2D eigenvalue weighted by molar-refractivity contribution is 5.79. The highest BCUT2D eigenvalue weighted by Crippen LogP contribution is 2.27. The number of nitrogens with one attached hydrogen (secondary N) is 2. The predicted octanol–water partition coefficient (Wildman–Crippen LogP) is 3.24. The van der Waals surface area contributed by atoms with E-state index in [-0.39, 0.29) is 11.9 Å². The molecular formula is C23H33FN4O2. The molecule has 1 atom stereocenters. The summed E-state index contributed by atoms with van der Waals surface area (Å²) in [6.45, 7) is 4.02. The van der Waals surface area contributed by atoms with Crippen LogP contribution < -0.4 is 20.1 Å². The first-order valence-electron chi connectivity index (χ1n) is 10.1. The molecule has 0 saturated heterocycles. The first-order chi connectivity index (χ1) is 14.5. The third-order valence-electron chi connectivity index (χ3n) is 4.78. The molecule has 0 fully saturated rings. The lowest BCUT2D eigenvalue weighted by Gasteiger charge is -2.23. The normalized spacial score (nSPS) is 12.6. The lowest BCUT2D eigenvalue weighted by atomic mass is 10.1. The van der Waals surface area contributed by atoms with Crippen LogP contribution in [0.15, 0.2) is 47.5 Å². The lowest BCUT2D eigenvalue weighted by Crippen LogP contribution is -2.39. The standard InChI is InChI=1S/C23H33FN4O2/c1-6-25-23(26-13-12-17-10-11-21(29-4)22(14-17)30-5)27-16-20(28(2)3)18-8-7-9-19(24)15-18/h7-11,14-15,20H,6,12-13,16H2,1-5H3,(H2,25,26,27). The number of methoxy groups -OCH3 is 2. The highest BCUT2D eigenvalue weighted by Gasteiger charge is 2.14. The molecule has 2 rings (SSSR count). The van der Waals surface area contributed by atoms with E-state index in [1.54, 1.807) is 26.4 Å². The number of likely N-dealkylation sites (N-methyl/N-ethyl adjacent to an activating group) is 1. The smallest absolute Gasteiger partial charge is 0.191 e. The molecule has 0 spiro atoms. The molecular weight excluding hydrogens is 383 g/mol. The second kappa shape index (κ2) is 12.0. The maximum Gasteiger partial charge on any atom is 0.191 e. The van der Waals surface area contributed by atoms with Crippen LogP contribution in [-0.2, 0) is 6.42 Å². The fraction of sp³-hybridized carbons (Fsp3) is 0.435. The van der Waals surface area contributed by atoms with E-state index in [1.165, 1.54) is 6.07 Å². The molecule has 0 radical (unpaired) electrons. The third-order valence-corrected chi connectivity index (χ3v) is 4.78. The molecule has 2 aromatic rings. The summed E-state index contributed by atoms with van der Waals surface area (Å²) in [5.41, 5.74) is 2.05. The van der Waals surface area contributed by atoms with Gasteiger partial charge in [-0.15, -0.1) is 0 Å². The van der Waals surface area contributed by atoms with Gasteiger partial charge in [-0.2, -0.15) is 0 Å². The van der Waals surface area contributed by atoms with Gasteiger partial charge in [0.1, 0.15) is 5.82 Å². The van der Waals surface area contributed by atoms with E-state index in [4.69, 9.17) is 14.5 Å². The van der Waals surface area contributed by atoms with Crippen LogP contribution in [0.25, 0.3) is 0 Å². The Labute approximate surface area is 179 Å². The van der Waals surface area contributed by atoms with Crippen LogP contribution in [0.5, 0.6) is 11.5 Å². The molecule has 0 saturated carbocycles. The van der Waals surface area contributed by atoms with E-state index in [1.807, 2.05) is 50.2 Å². The molecule has 2 N–H and O–H groups in total. The molecule has 0 bridgehead atoms. The van der Waals surface area contributed by atoms with Crippen LogP contribution in [-0.4, -0.2) is 58.8 Å². The van der Waals surface area contributed by atoms with Crippen molar-refractivity contribution in [2.24, 2.45) is 4.99 Å². The van der Waals surface area contributed by atoms with Crippen molar-refractivity contribution in [3.05, 3.63) is 59.4 Å². The van der Waals surface area contributed by atoms with Gasteiger partial charge in [-0.05, 0) is 62.8 Å². The van der Waals surface area contributed by atoms with Crippen molar-refractivity contribution in [1.29, 1.82) is 0 Å². The van der Waals surface area contributed by atoms with Crippen molar-refractivity contribution < 1.29 is 13.9 Å². The van der Waals surface area contributed by atoms with Gasteiger partial charge < -0.3 is 25.0 Å². The highest BCUT2D eigenvalue weighted by atomic mass is 19.1. The third kappa shape index (κ3) is 6.91. The van der Waals surface area contributed by atoms with Crippen molar-refractivity contribution in [2.45, 2.75) is 19.4 Å². The van der Waals surface area contributed by atoms with Crippen LogP contribution in [0.2, 0.25) is 0 Å². The average molecular weight is 417 g/mol. The molecule has 6 nitrogen and oxygen atoms in total. The molecule has 7 heteroatoms. The number of ether oxygens (including phenoxy) is 2. The van der Waals surface area contributed by atoms with Crippen molar-refractivity contribution in [1.82, 2.24) is 15.5 Å². The first kappa shape index (κ1) is 23.5. The summed E-state index contributed by atoms with van der Waals surface area (Å²) in [4.78, 5) is 6.77. The van der Waals surface area contributed by atoms with Gasteiger partial charge in [0.05, 0.1) is 26.8 Å². The van der Waals surface area contributed by atoms with Gasteiger partial charge in [-0.1, -0.05) is 18.2 Å². The van der Waals surface area contributed by atoms with E-state index in [0.29, 0.717) is 13.1 Å². The molecule has 0 aliphatic carbocycles. The van der Waals surface area contributed by atoms with E-state index < -0.39 is 0 Å². The van der Waals surface area contributed by atoms with Crippen LogP contribution in [0.3, 0.4) is 0 Å². The molecule has 30 heavy (non-hydrogen) atoms. The van der Waals surface area contributed by atoms with Gasteiger partial charge in [-0.25, -0.2) is 4.39 Å². The fourth-order valence-corrected chi connectivity index (χ4v) is 3.16. The molecule has 2 aromatic carbocycles. The average Bonchev–Trinajstić information content (AvgIpc) is 2.73. The van der Waals surface area contributed by atoms with Gasteiger partial charge >= 0.3 is 0 Å². The van der Waals surface area contributed by atoms with Gasteiger partial charge in [0.2, 0.25) is 0 Å². The number of aliphatic imine (C=N–C) groups is 1. The van der Waals surface area contributed by atoms with Crippen molar-refractivity contribution in [3.8, 4) is 11.5 Å². The Morgan fingerprint density at radius 1 is 1.07 bits per heavy atom. The molecule has 0 heterocycles. The Morgan fingerprint density at radius 2 is 1.83 bits per heavy atom. The van der Waals surface area contributed by atoms with Gasteiger partial charge in [0, 0.05) is 13.1 Å². The fourth-order valence-electron chi connectivity index (χ4n) is 3.16. The van der Waals surface area contributed by atoms with Crippen LogP contribution >= 0.6 is 0 Å². The number of hydrogen-bond acceptors (Lipinski definition) is 4. The largest absolute Gasteiger partial charge is 0.493 e. The lowest BCUT2D eigenvalue weighted by molar-refractivity contribution is 0.305. The summed E-state index contributed by atoms with van der Waals surface area (Å²) >= 11 is 0. The summed E-state index contributed by atoms with van der Waals surface area (Å²) in [7, 11) is 7.21. The summed E-state index contributed by atoms with van der Waals surface area (Å²) in [5, 5.41) is 6.64. The summed E-state index contributed by atoms with van der Waals surface area (Å²) in [5.74, 6) is 1.94. The Hall–Kier alpha value is -2.80. The summed E-state index contributed by atoms with van der Waals surface area (Å²) in [6, 6.07) is 12.6. The molecule has 0 amide bonds. The SMILES string of the molecule is CCNC(=NCC(c1cccc(F)c1)N(C)C)NCCc1ccc(OC)c(OC)c1. The van der Waals surface area contributed by atoms with Crippen LogP contribution in [0, 0.1) is 5.82 Å². The topological polar surface area (TPSA) is 58.1 Å². The maximum atomic E-state index is 13.6. The second-order valence-corrected chi connectivity index (χ2v) is 7.12. The predicted molar refractivity (Wildman–Crippen MR) is 120 cm³/mol. The number of rotatable bonds is 10. The Kier molecular flexibility index (Phi) is 9.41. The first-order valence-corrected chi connectivity index (χ1v) is 10.1. The quantitative estimate of drug-likeness (QED) is 0.460. The zero-order valence-electron chi connectivity index (χ0n) is 18.5. The number of guanidine groups is 1. The molecule has 164 valence electrons. The number of nitrogens with zero attached hydrogens (tertiary/aromatic N) is 2. The van der Waals surface area contributed by atoms with E-state index >= 15 is 0 Å². The van der Waals surface area contributed by atoms with Gasteiger partial charge in [0.15, 0.2) is 17.5 Å². The monoisotopic (exact) mass is 416 g/mol. The Morgan fingerprint density at radius 3 is 2.47 bits per heavy atom. The molecule has 0 aliphatic heterocycles. The van der Waals surface area contributed by atoms with Crippen molar-refractivity contribution >= 4 is 5.96 Å². The molecule has 0 aliphatic rings. The number of hydrogen-bond donors (Lipinski definition) is 2. The molecule has 1 unspecified atom stereocenters. The van der Waals surface area contributed by atoms with Crippen LogP contribution in [0.1, 0.15) is 24.1 Å². The number of benzene rings is 2. The van der Waals surface area contributed by atoms with E-state index in [0.717, 1.165) is 41.6 Å². The minimum absolute atomic E-state index is 0.0120. The zero-order chi connectivity index (χ0) is 21.9. The summed E-state index contributed by atoms with van der Waals surface area (Å²) < 4.78 is 24.3. The number of halogens is 1. The van der Waals surface area contributed by atoms with E-state index in [2.05, 4.69) is 10.6 Å². The van der Waals surface area contributed by atoms with Crippen LogP contribution in [0.4, 0.5) is 4.39 Å².